The Morgan fingerprint density at radius 2 is 1.63 bits per heavy atom. The lowest BCUT2D eigenvalue weighted by atomic mass is 10.1. The predicted octanol–water partition coefficient (Wildman–Crippen LogP) is 7.93. The maximum atomic E-state index is 6.38. The predicted molar refractivity (Wildman–Crippen MR) is 128 cm³/mol. The molecule has 0 saturated heterocycles. The van der Waals surface area contributed by atoms with Crippen LogP contribution in [-0.4, -0.2) is 9.55 Å². The molecule has 0 fully saturated rings. The van der Waals surface area contributed by atoms with Gasteiger partial charge in [0.1, 0.15) is 5.82 Å². The topological polar surface area (TPSA) is 29.9 Å². The second-order valence-corrected chi connectivity index (χ2v) is 7.91. The molecule has 0 aliphatic heterocycles. The number of aromatic nitrogens is 2. The van der Waals surface area contributed by atoms with Gasteiger partial charge >= 0.3 is 0 Å². The highest BCUT2D eigenvalue weighted by atomic mass is 35.5. The molecular formula is C25H19Cl2N3. The quantitative estimate of drug-likeness (QED) is 0.313. The molecule has 0 saturated carbocycles. The summed E-state index contributed by atoms with van der Waals surface area (Å²) in [5, 5.41) is 6.95. The Labute approximate surface area is 184 Å². The van der Waals surface area contributed by atoms with Crippen molar-refractivity contribution >= 4 is 56.5 Å². The summed E-state index contributed by atoms with van der Waals surface area (Å²) < 4.78 is 2.34. The average molecular weight is 432 g/mol. The molecule has 0 radical (unpaired) electrons. The molecule has 0 amide bonds. The molecular weight excluding hydrogens is 413 g/mol. The van der Waals surface area contributed by atoms with Crippen molar-refractivity contribution in [2.75, 3.05) is 5.32 Å². The van der Waals surface area contributed by atoms with Crippen LogP contribution < -0.4 is 5.32 Å². The number of halogens is 2. The van der Waals surface area contributed by atoms with Crippen molar-refractivity contribution in [2.45, 2.75) is 13.5 Å². The first-order valence-electron chi connectivity index (χ1n) is 9.85. The highest BCUT2D eigenvalue weighted by Crippen LogP contribution is 2.34. The van der Waals surface area contributed by atoms with Crippen LogP contribution in [0.5, 0.6) is 0 Å². The number of para-hydroxylation sites is 1. The minimum absolute atomic E-state index is 0.512. The number of nitrogens with zero attached hydrogens (tertiary/aromatic N) is 2. The number of pyridine rings is 1. The van der Waals surface area contributed by atoms with Crippen molar-refractivity contribution in [3.8, 4) is 11.3 Å². The van der Waals surface area contributed by atoms with Gasteiger partial charge in [-0.05, 0) is 49.4 Å². The van der Waals surface area contributed by atoms with Crippen molar-refractivity contribution in [3.05, 3.63) is 88.9 Å². The molecule has 30 heavy (non-hydrogen) atoms. The fourth-order valence-corrected chi connectivity index (χ4v) is 4.37. The number of anilines is 2. The molecule has 2 aromatic heterocycles. The maximum absolute atomic E-state index is 6.38. The number of hydrogen-bond donors (Lipinski definition) is 1. The van der Waals surface area contributed by atoms with Crippen LogP contribution in [0.1, 0.15) is 6.92 Å². The summed E-state index contributed by atoms with van der Waals surface area (Å²) in [6, 6.07) is 26.4. The monoisotopic (exact) mass is 431 g/mol. The third kappa shape index (κ3) is 3.20. The number of fused-ring (bicyclic) bond motifs is 3. The van der Waals surface area contributed by atoms with E-state index in [2.05, 4.69) is 59.3 Å². The zero-order chi connectivity index (χ0) is 20.7. The van der Waals surface area contributed by atoms with Crippen molar-refractivity contribution in [2.24, 2.45) is 0 Å². The Morgan fingerprint density at radius 3 is 2.50 bits per heavy atom. The Balaban J connectivity index is 1.55. The van der Waals surface area contributed by atoms with Gasteiger partial charge in [0.2, 0.25) is 0 Å². The van der Waals surface area contributed by atoms with Crippen LogP contribution in [0.15, 0.2) is 78.9 Å². The Morgan fingerprint density at radius 1 is 0.833 bits per heavy atom. The van der Waals surface area contributed by atoms with Crippen LogP contribution in [0.25, 0.3) is 33.1 Å². The molecule has 3 aromatic carbocycles. The molecule has 3 nitrogen and oxygen atoms in total. The highest BCUT2D eigenvalue weighted by molar-refractivity contribution is 6.43. The van der Waals surface area contributed by atoms with Gasteiger partial charge in [-0.3, -0.25) is 0 Å². The fraction of sp³-hybridized carbons (Fsp3) is 0.0800. The third-order valence-electron chi connectivity index (χ3n) is 5.34. The van der Waals surface area contributed by atoms with E-state index in [-0.39, 0.29) is 0 Å². The van der Waals surface area contributed by atoms with Gasteiger partial charge in [-0.25, -0.2) is 4.98 Å². The number of nitrogens with one attached hydrogen (secondary N) is 1. The van der Waals surface area contributed by atoms with Crippen molar-refractivity contribution in [3.63, 3.8) is 0 Å². The van der Waals surface area contributed by atoms with Crippen LogP contribution in [0.3, 0.4) is 0 Å². The SMILES string of the molecule is CCn1c2ccccc2c2cc(Nc3cccc(-c4cccc(Cl)c4Cl)n3)ccc21. The molecule has 5 rings (SSSR count). The van der Waals surface area contributed by atoms with Crippen molar-refractivity contribution < 1.29 is 0 Å². The van der Waals surface area contributed by atoms with Gasteiger partial charge in [-0.15, -0.1) is 0 Å². The van der Waals surface area contributed by atoms with Crippen LogP contribution in [0.4, 0.5) is 11.5 Å². The van der Waals surface area contributed by atoms with Crippen LogP contribution in [0, 0.1) is 0 Å². The lowest BCUT2D eigenvalue weighted by Gasteiger charge is -2.10. The van der Waals surface area contributed by atoms with Gasteiger partial charge in [0.25, 0.3) is 0 Å². The average Bonchev–Trinajstić information content (AvgIpc) is 3.09. The number of hydrogen-bond acceptors (Lipinski definition) is 2. The van der Waals surface area contributed by atoms with Gasteiger partial charge in [0, 0.05) is 39.6 Å². The summed E-state index contributed by atoms with van der Waals surface area (Å²) in [6.45, 7) is 3.11. The lowest BCUT2D eigenvalue weighted by Crippen LogP contribution is -1.96. The molecule has 0 atom stereocenters. The Bertz CT molecular complexity index is 1390. The molecule has 2 heterocycles. The first kappa shape index (κ1) is 19.0. The highest BCUT2D eigenvalue weighted by Gasteiger charge is 2.11. The van der Waals surface area contributed by atoms with Gasteiger partial charge in [0.05, 0.1) is 15.7 Å². The molecule has 0 aliphatic carbocycles. The molecule has 0 aliphatic rings. The standard InChI is InChI=1S/C25H19Cl2N3/c1-2-30-22-11-4-3-7-17(22)19-15-16(13-14-23(19)30)28-24-12-6-10-21(29-24)18-8-5-9-20(26)25(18)27/h3-15H,2H2,1H3,(H,28,29). The van der Waals surface area contributed by atoms with E-state index in [1.54, 1.807) is 6.07 Å². The minimum Gasteiger partial charge on any atom is -0.341 e. The van der Waals surface area contributed by atoms with Crippen molar-refractivity contribution in [1.82, 2.24) is 9.55 Å². The molecule has 1 N–H and O–H groups in total. The number of benzene rings is 3. The number of aryl methyl sites for hydroxylation is 1. The summed E-state index contributed by atoms with van der Waals surface area (Å²) in [5.74, 6) is 0.752. The van der Waals surface area contributed by atoms with E-state index in [1.807, 2.05) is 30.3 Å². The zero-order valence-electron chi connectivity index (χ0n) is 16.4. The second-order valence-electron chi connectivity index (χ2n) is 7.13. The summed E-state index contributed by atoms with van der Waals surface area (Å²) in [4.78, 5) is 4.74. The van der Waals surface area contributed by atoms with E-state index >= 15 is 0 Å². The van der Waals surface area contributed by atoms with Gasteiger partial charge in [-0.2, -0.15) is 0 Å². The fourth-order valence-electron chi connectivity index (χ4n) is 3.98. The van der Waals surface area contributed by atoms with E-state index < -0.39 is 0 Å². The van der Waals surface area contributed by atoms with Crippen LogP contribution in [0.2, 0.25) is 10.0 Å². The smallest absolute Gasteiger partial charge is 0.131 e. The largest absolute Gasteiger partial charge is 0.341 e. The molecule has 0 spiro atoms. The first-order chi connectivity index (χ1) is 14.7. The van der Waals surface area contributed by atoms with E-state index in [1.165, 1.54) is 21.8 Å². The minimum atomic E-state index is 0.512. The van der Waals surface area contributed by atoms with Gasteiger partial charge < -0.3 is 9.88 Å². The van der Waals surface area contributed by atoms with Crippen molar-refractivity contribution in [1.29, 1.82) is 0 Å². The van der Waals surface area contributed by atoms with E-state index in [0.29, 0.717) is 10.0 Å². The van der Waals surface area contributed by atoms with Crippen LogP contribution in [-0.2, 0) is 6.54 Å². The van der Waals surface area contributed by atoms with E-state index in [4.69, 9.17) is 28.2 Å². The first-order valence-corrected chi connectivity index (χ1v) is 10.6. The molecule has 5 heteroatoms. The lowest BCUT2D eigenvalue weighted by molar-refractivity contribution is 0.827. The normalized spacial score (nSPS) is 11.3. The summed E-state index contributed by atoms with van der Waals surface area (Å²) in [5.41, 5.74) is 5.06. The third-order valence-corrected chi connectivity index (χ3v) is 6.16. The number of rotatable bonds is 4. The second kappa shape index (κ2) is 7.67. The molecule has 148 valence electrons. The Kier molecular flexibility index (Phi) is 4.86. The molecule has 5 aromatic rings. The molecule has 0 bridgehead atoms. The summed E-state index contributed by atoms with van der Waals surface area (Å²) in [6.07, 6.45) is 0. The van der Waals surface area contributed by atoms with Crippen LogP contribution >= 0.6 is 23.2 Å². The maximum Gasteiger partial charge on any atom is 0.131 e. The van der Waals surface area contributed by atoms with E-state index in [9.17, 15) is 0 Å². The summed E-state index contributed by atoms with van der Waals surface area (Å²) >= 11 is 12.6. The Hall–Kier alpha value is -3.01. The van der Waals surface area contributed by atoms with Gasteiger partial charge in [0.15, 0.2) is 0 Å². The zero-order valence-corrected chi connectivity index (χ0v) is 17.9. The molecule has 0 unspecified atom stereocenters. The van der Waals surface area contributed by atoms with E-state index in [0.717, 1.165) is 29.3 Å². The van der Waals surface area contributed by atoms with Gasteiger partial charge in [-0.1, -0.05) is 59.6 Å². The summed E-state index contributed by atoms with van der Waals surface area (Å²) in [7, 11) is 0.